The van der Waals surface area contributed by atoms with Crippen LogP contribution >= 0.6 is 0 Å². The van der Waals surface area contributed by atoms with Gasteiger partial charge in [-0.15, -0.1) is 0 Å². The van der Waals surface area contributed by atoms with Crippen molar-refractivity contribution < 1.29 is 9.47 Å². The van der Waals surface area contributed by atoms with Crippen molar-refractivity contribution in [1.82, 2.24) is 9.97 Å². The second kappa shape index (κ2) is 9.78. The van der Waals surface area contributed by atoms with E-state index in [0.717, 1.165) is 36.0 Å². The van der Waals surface area contributed by atoms with Gasteiger partial charge in [0.15, 0.2) is 11.5 Å². The number of nitrogens with zero attached hydrogens (tertiary/aromatic N) is 2. The highest BCUT2D eigenvalue weighted by atomic mass is 16.5. The van der Waals surface area contributed by atoms with Crippen molar-refractivity contribution in [2.75, 3.05) is 31.4 Å². The molecule has 0 aliphatic rings. The number of hydrogen-bond donors (Lipinski definition) is 2. The Hall–Kier alpha value is -3.28. The molecule has 0 spiro atoms. The largest absolute Gasteiger partial charge is 0.493 e. The van der Waals surface area contributed by atoms with Crippen LogP contribution in [-0.2, 0) is 13.0 Å². The molecule has 0 radical (unpaired) electrons. The number of anilines is 2. The third-order valence-electron chi connectivity index (χ3n) is 4.56. The second-order valence-corrected chi connectivity index (χ2v) is 6.93. The standard InChI is InChI=1S/C23H28N4O2/c1-16-6-5-7-19(12-16)15-25-23-26-17(2)13-22(27-23)24-11-10-18-8-9-20(28-3)21(14-18)29-4/h5-9,12-14H,10-11,15H2,1-4H3,(H2,24,25,26,27). The van der Waals surface area contributed by atoms with Crippen LogP contribution in [0.15, 0.2) is 48.5 Å². The van der Waals surface area contributed by atoms with Crippen molar-refractivity contribution in [2.24, 2.45) is 0 Å². The Bertz CT molecular complexity index is 959. The first-order chi connectivity index (χ1) is 14.1. The van der Waals surface area contributed by atoms with Gasteiger partial charge in [0.1, 0.15) is 5.82 Å². The molecule has 29 heavy (non-hydrogen) atoms. The first-order valence-electron chi connectivity index (χ1n) is 9.67. The van der Waals surface area contributed by atoms with Crippen molar-refractivity contribution in [3.05, 3.63) is 70.9 Å². The predicted octanol–water partition coefficient (Wildman–Crippen LogP) is 4.38. The lowest BCUT2D eigenvalue weighted by molar-refractivity contribution is 0.354. The van der Waals surface area contributed by atoms with Crippen molar-refractivity contribution in [2.45, 2.75) is 26.8 Å². The van der Waals surface area contributed by atoms with E-state index >= 15 is 0 Å². The molecule has 0 aliphatic carbocycles. The maximum atomic E-state index is 5.37. The fourth-order valence-corrected chi connectivity index (χ4v) is 3.11. The van der Waals surface area contributed by atoms with E-state index in [1.165, 1.54) is 16.7 Å². The average Bonchev–Trinajstić information content (AvgIpc) is 2.72. The number of aryl methyl sites for hydroxylation is 2. The van der Waals surface area contributed by atoms with Gasteiger partial charge in [0.05, 0.1) is 14.2 Å². The van der Waals surface area contributed by atoms with Gasteiger partial charge in [-0.1, -0.05) is 35.9 Å². The van der Waals surface area contributed by atoms with Crippen LogP contribution in [0.2, 0.25) is 0 Å². The van der Waals surface area contributed by atoms with Crippen molar-refractivity contribution in [3.8, 4) is 11.5 Å². The molecule has 1 aromatic heterocycles. The summed E-state index contributed by atoms with van der Waals surface area (Å²) < 4.78 is 10.7. The van der Waals surface area contributed by atoms with Crippen LogP contribution in [0.25, 0.3) is 0 Å². The fraction of sp³-hybridized carbons (Fsp3) is 0.304. The zero-order chi connectivity index (χ0) is 20.6. The molecular formula is C23H28N4O2. The summed E-state index contributed by atoms with van der Waals surface area (Å²) >= 11 is 0. The molecule has 0 aliphatic heterocycles. The van der Waals surface area contributed by atoms with Gasteiger partial charge in [-0.3, -0.25) is 0 Å². The van der Waals surface area contributed by atoms with E-state index in [0.29, 0.717) is 12.5 Å². The molecule has 152 valence electrons. The molecule has 0 saturated carbocycles. The van der Waals surface area contributed by atoms with E-state index in [2.05, 4.69) is 51.8 Å². The minimum absolute atomic E-state index is 0.625. The normalized spacial score (nSPS) is 10.5. The van der Waals surface area contributed by atoms with Crippen molar-refractivity contribution in [3.63, 3.8) is 0 Å². The van der Waals surface area contributed by atoms with E-state index in [-0.39, 0.29) is 0 Å². The monoisotopic (exact) mass is 392 g/mol. The topological polar surface area (TPSA) is 68.3 Å². The molecule has 0 bridgehead atoms. The number of nitrogens with one attached hydrogen (secondary N) is 2. The zero-order valence-electron chi connectivity index (χ0n) is 17.5. The van der Waals surface area contributed by atoms with Gasteiger partial charge in [-0.2, -0.15) is 4.98 Å². The molecule has 0 unspecified atom stereocenters. The Kier molecular flexibility index (Phi) is 6.89. The number of aromatic nitrogens is 2. The van der Waals surface area contributed by atoms with Gasteiger partial charge in [0.2, 0.25) is 5.95 Å². The van der Waals surface area contributed by atoms with Crippen LogP contribution in [0.3, 0.4) is 0 Å². The number of rotatable bonds is 9. The summed E-state index contributed by atoms with van der Waals surface area (Å²) in [6.07, 6.45) is 0.843. The molecule has 2 N–H and O–H groups in total. The highest BCUT2D eigenvalue weighted by Gasteiger charge is 2.06. The van der Waals surface area contributed by atoms with Crippen molar-refractivity contribution in [1.29, 1.82) is 0 Å². The summed E-state index contributed by atoms with van der Waals surface area (Å²) in [5, 5.41) is 6.70. The summed E-state index contributed by atoms with van der Waals surface area (Å²) in [5.41, 5.74) is 4.53. The highest BCUT2D eigenvalue weighted by Crippen LogP contribution is 2.27. The molecule has 0 saturated heterocycles. The minimum Gasteiger partial charge on any atom is -0.493 e. The molecule has 6 nitrogen and oxygen atoms in total. The van der Waals surface area contributed by atoms with Crippen molar-refractivity contribution >= 4 is 11.8 Å². The molecule has 2 aromatic carbocycles. The quantitative estimate of drug-likeness (QED) is 0.563. The number of hydrogen-bond acceptors (Lipinski definition) is 6. The Balaban J connectivity index is 1.58. The highest BCUT2D eigenvalue weighted by molar-refractivity contribution is 5.45. The van der Waals surface area contributed by atoms with E-state index in [1.807, 2.05) is 31.2 Å². The molecule has 1 heterocycles. The number of benzene rings is 2. The fourth-order valence-electron chi connectivity index (χ4n) is 3.11. The number of methoxy groups -OCH3 is 2. The molecule has 3 aromatic rings. The third-order valence-corrected chi connectivity index (χ3v) is 4.56. The minimum atomic E-state index is 0.625. The molecule has 0 fully saturated rings. The van der Waals surface area contributed by atoms with E-state index in [1.54, 1.807) is 14.2 Å². The maximum Gasteiger partial charge on any atom is 0.225 e. The van der Waals surface area contributed by atoms with Crippen LogP contribution in [-0.4, -0.2) is 30.7 Å². The lowest BCUT2D eigenvalue weighted by atomic mass is 10.1. The average molecular weight is 393 g/mol. The van der Waals surface area contributed by atoms with Crippen LogP contribution in [0.1, 0.15) is 22.4 Å². The van der Waals surface area contributed by atoms with Crippen LogP contribution in [0.4, 0.5) is 11.8 Å². The Labute approximate surface area is 172 Å². The predicted molar refractivity (Wildman–Crippen MR) is 117 cm³/mol. The SMILES string of the molecule is COc1ccc(CCNc2cc(C)nc(NCc3cccc(C)c3)n2)cc1OC. The summed E-state index contributed by atoms with van der Waals surface area (Å²) in [6, 6.07) is 16.3. The zero-order valence-corrected chi connectivity index (χ0v) is 17.5. The van der Waals surface area contributed by atoms with Crippen LogP contribution in [0.5, 0.6) is 11.5 Å². The van der Waals surface area contributed by atoms with Gasteiger partial charge in [0, 0.05) is 24.8 Å². The molecule has 0 amide bonds. The summed E-state index contributed by atoms with van der Waals surface area (Å²) in [7, 11) is 3.29. The van der Waals surface area contributed by atoms with Gasteiger partial charge < -0.3 is 20.1 Å². The van der Waals surface area contributed by atoms with E-state index in [4.69, 9.17) is 9.47 Å². The first kappa shape index (κ1) is 20.5. The Morgan fingerprint density at radius 2 is 1.66 bits per heavy atom. The maximum absolute atomic E-state index is 5.37. The smallest absolute Gasteiger partial charge is 0.225 e. The van der Waals surface area contributed by atoms with E-state index in [9.17, 15) is 0 Å². The number of ether oxygens (including phenoxy) is 2. The third kappa shape index (κ3) is 5.85. The van der Waals surface area contributed by atoms with Crippen LogP contribution < -0.4 is 20.1 Å². The molecular weight excluding hydrogens is 364 g/mol. The molecule has 3 rings (SSSR count). The second-order valence-electron chi connectivity index (χ2n) is 6.93. The Morgan fingerprint density at radius 1 is 0.828 bits per heavy atom. The summed E-state index contributed by atoms with van der Waals surface area (Å²) in [6.45, 7) is 5.51. The molecule has 6 heteroatoms. The lowest BCUT2D eigenvalue weighted by Gasteiger charge is -2.12. The Morgan fingerprint density at radius 3 is 2.41 bits per heavy atom. The van der Waals surface area contributed by atoms with Gasteiger partial charge in [0.25, 0.3) is 0 Å². The van der Waals surface area contributed by atoms with Gasteiger partial charge >= 0.3 is 0 Å². The van der Waals surface area contributed by atoms with Gasteiger partial charge in [-0.25, -0.2) is 4.98 Å². The summed E-state index contributed by atoms with van der Waals surface area (Å²) in [4.78, 5) is 9.07. The van der Waals surface area contributed by atoms with Crippen LogP contribution in [0, 0.1) is 13.8 Å². The van der Waals surface area contributed by atoms with Gasteiger partial charge in [-0.05, 0) is 43.5 Å². The lowest BCUT2D eigenvalue weighted by Crippen LogP contribution is -2.10. The molecule has 0 atom stereocenters. The summed E-state index contributed by atoms with van der Waals surface area (Å²) in [5.74, 6) is 2.91. The first-order valence-corrected chi connectivity index (χ1v) is 9.67. The van der Waals surface area contributed by atoms with E-state index < -0.39 is 0 Å².